The molecule has 0 fully saturated rings. The van der Waals surface area contributed by atoms with Crippen LogP contribution in [0, 0.1) is 5.92 Å². The number of hydrogen-bond acceptors (Lipinski definition) is 3. The fourth-order valence-electron chi connectivity index (χ4n) is 1.26. The van der Waals surface area contributed by atoms with Crippen molar-refractivity contribution < 1.29 is 14.6 Å². The van der Waals surface area contributed by atoms with E-state index in [1.165, 1.54) is 0 Å². The quantitative estimate of drug-likeness (QED) is 0.771. The second-order valence-electron chi connectivity index (χ2n) is 3.12. The van der Waals surface area contributed by atoms with E-state index in [-0.39, 0.29) is 12.5 Å². The zero-order valence-electron chi connectivity index (χ0n) is 9.27. The van der Waals surface area contributed by atoms with Gasteiger partial charge in [0.25, 0.3) is 0 Å². The standard InChI is InChI=1S/C10H12O3.C2H6/c11-5-8-6-12-9-3-1-2-4-10(9)13-7-8;1-2/h1-4,8,11H,5-7H2;1-2H3. The average Bonchev–Trinajstić information content (AvgIpc) is 2.54. The maximum absolute atomic E-state index is 8.94. The maximum atomic E-state index is 8.94. The van der Waals surface area contributed by atoms with Gasteiger partial charge in [-0.1, -0.05) is 26.0 Å². The zero-order valence-corrected chi connectivity index (χ0v) is 9.27. The summed E-state index contributed by atoms with van der Waals surface area (Å²) in [5.74, 6) is 1.60. The predicted octanol–water partition coefficient (Wildman–Crippen LogP) is 2.09. The van der Waals surface area contributed by atoms with Crippen LogP contribution in [0.5, 0.6) is 11.5 Å². The van der Waals surface area contributed by atoms with E-state index < -0.39 is 0 Å². The third kappa shape index (κ3) is 3.13. The molecule has 0 saturated heterocycles. The highest BCUT2D eigenvalue weighted by atomic mass is 16.5. The molecular weight excluding hydrogens is 192 g/mol. The van der Waals surface area contributed by atoms with Crippen LogP contribution in [0.4, 0.5) is 0 Å². The number of para-hydroxylation sites is 2. The van der Waals surface area contributed by atoms with Gasteiger partial charge in [-0.2, -0.15) is 0 Å². The van der Waals surface area contributed by atoms with Crippen LogP contribution in [0.25, 0.3) is 0 Å². The minimum Gasteiger partial charge on any atom is -0.489 e. The molecule has 0 atom stereocenters. The van der Waals surface area contributed by atoms with E-state index in [2.05, 4.69) is 0 Å². The lowest BCUT2D eigenvalue weighted by atomic mass is 10.2. The Morgan fingerprint density at radius 2 is 1.60 bits per heavy atom. The SMILES string of the molecule is CC.OCC1COc2ccccc2OC1. The Bertz CT molecular complexity index is 259. The molecule has 3 heteroatoms. The van der Waals surface area contributed by atoms with Gasteiger partial charge in [0.1, 0.15) is 0 Å². The van der Waals surface area contributed by atoms with Crippen LogP contribution >= 0.6 is 0 Å². The Balaban J connectivity index is 0.000000531. The number of aliphatic hydroxyl groups is 1. The molecular formula is C12H18O3. The van der Waals surface area contributed by atoms with Crippen LogP contribution in [0.1, 0.15) is 13.8 Å². The van der Waals surface area contributed by atoms with E-state index in [0.29, 0.717) is 13.2 Å². The number of benzene rings is 1. The Labute approximate surface area is 90.6 Å². The molecule has 0 spiro atoms. The maximum Gasteiger partial charge on any atom is 0.161 e. The second-order valence-corrected chi connectivity index (χ2v) is 3.12. The molecule has 2 rings (SSSR count). The van der Waals surface area contributed by atoms with Crippen LogP contribution in [-0.4, -0.2) is 24.9 Å². The van der Waals surface area contributed by atoms with Crippen molar-refractivity contribution >= 4 is 0 Å². The number of fused-ring (bicyclic) bond motifs is 1. The molecule has 0 aliphatic carbocycles. The Morgan fingerprint density at radius 3 is 2.00 bits per heavy atom. The highest BCUT2D eigenvalue weighted by Crippen LogP contribution is 2.29. The van der Waals surface area contributed by atoms with Gasteiger partial charge in [-0.05, 0) is 12.1 Å². The fourth-order valence-corrected chi connectivity index (χ4v) is 1.26. The highest BCUT2D eigenvalue weighted by molar-refractivity contribution is 5.39. The van der Waals surface area contributed by atoms with Crippen molar-refractivity contribution in [2.45, 2.75) is 13.8 Å². The van der Waals surface area contributed by atoms with Gasteiger partial charge in [0.2, 0.25) is 0 Å². The molecule has 0 amide bonds. The van der Waals surface area contributed by atoms with E-state index >= 15 is 0 Å². The van der Waals surface area contributed by atoms with Gasteiger partial charge >= 0.3 is 0 Å². The second kappa shape index (κ2) is 6.30. The molecule has 15 heavy (non-hydrogen) atoms. The van der Waals surface area contributed by atoms with Gasteiger partial charge < -0.3 is 14.6 Å². The Morgan fingerprint density at radius 1 is 1.13 bits per heavy atom. The topological polar surface area (TPSA) is 38.7 Å². The lowest BCUT2D eigenvalue weighted by molar-refractivity contribution is 0.137. The first kappa shape index (κ1) is 11.9. The van der Waals surface area contributed by atoms with Crippen LogP contribution in [0.2, 0.25) is 0 Å². The number of aliphatic hydroxyl groups excluding tert-OH is 1. The van der Waals surface area contributed by atoms with Crippen LogP contribution < -0.4 is 9.47 Å². The molecule has 1 heterocycles. The van der Waals surface area contributed by atoms with Crippen molar-refractivity contribution in [1.82, 2.24) is 0 Å². The van der Waals surface area contributed by atoms with E-state index in [0.717, 1.165) is 11.5 Å². The van der Waals surface area contributed by atoms with Crippen LogP contribution in [0.3, 0.4) is 0 Å². The van der Waals surface area contributed by atoms with Gasteiger partial charge in [-0.25, -0.2) is 0 Å². The van der Waals surface area contributed by atoms with Gasteiger partial charge in [0.15, 0.2) is 11.5 Å². The number of ether oxygens (including phenoxy) is 2. The van der Waals surface area contributed by atoms with Crippen molar-refractivity contribution in [3.63, 3.8) is 0 Å². The van der Waals surface area contributed by atoms with Gasteiger partial charge in [0.05, 0.1) is 25.7 Å². The Hall–Kier alpha value is -1.22. The van der Waals surface area contributed by atoms with E-state index in [9.17, 15) is 0 Å². The third-order valence-electron chi connectivity index (χ3n) is 2.06. The van der Waals surface area contributed by atoms with Gasteiger partial charge in [-0.3, -0.25) is 0 Å². The first-order valence-electron chi connectivity index (χ1n) is 5.35. The summed E-state index contributed by atoms with van der Waals surface area (Å²) >= 11 is 0. The molecule has 84 valence electrons. The summed E-state index contributed by atoms with van der Waals surface area (Å²) in [6.07, 6.45) is 0. The zero-order chi connectivity index (χ0) is 11.1. The normalized spacial score (nSPS) is 14.9. The molecule has 3 nitrogen and oxygen atoms in total. The molecule has 0 saturated carbocycles. The summed E-state index contributed by atoms with van der Waals surface area (Å²) in [7, 11) is 0. The minimum atomic E-state index is 0.0763. The first-order valence-corrected chi connectivity index (χ1v) is 5.35. The third-order valence-corrected chi connectivity index (χ3v) is 2.06. The fraction of sp³-hybridized carbons (Fsp3) is 0.500. The monoisotopic (exact) mass is 210 g/mol. The van der Waals surface area contributed by atoms with E-state index in [1.54, 1.807) is 0 Å². The average molecular weight is 210 g/mol. The molecule has 0 unspecified atom stereocenters. The van der Waals surface area contributed by atoms with Crippen molar-refractivity contribution in [2.24, 2.45) is 5.92 Å². The smallest absolute Gasteiger partial charge is 0.161 e. The highest BCUT2D eigenvalue weighted by Gasteiger charge is 2.16. The summed E-state index contributed by atoms with van der Waals surface area (Å²) in [6.45, 7) is 5.15. The summed E-state index contributed by atoms with van der Waals surface area (Å²) < 4.78 is 10.9. The summed E-state index contributed by atoms with van der Waals surface area (Å²) in [5.41, 5.74) is 0. The Kier molecular flexibility index (Phi) is 4.98. The molecule has 1 N–H and O–H groups in total. The summed E-state index contributed by atoms with van der Waals surface area (Å²) in [4.78, 5) is 0. The molecule has 0 aromatic heterocycles. The predicted molar refractivity (Wildman–Crippen MR) is 59.4 cm³/mol. The van der Waals surface area contributed by atoms with Crippen molar-refractivity contribution in [2.75, 3.05) is 19.8 Å². The lowest BCUT2D eigenvalue weighted by Gasteiger charge is -2.08. The van der Waals surface area contributed by atoms with Crippen molar-refractivity contribution in [3.05, 3.63) is 24.3 Å². The summed E-state index contributed by atoms with van der Waals surface area (Å²) in [6, 6.07) is 7.55. The van der Waals surface area contributed by atoms with Crippen LogP contribution in [0.15, 0.2) is 24.3 Å². The minimum absolute atomic E-state index is 0.0763. The molecule has 0 radical (unpaired) electrons. The molecule has 1 aromatic carbocycles. The molecule has 0 bridgehead atoms. The number of rotatable bonds is 1. The van der Waals surface area contributed by atoms with Crippen LogP contribution in [-0.2, 0) is 0 Å². The first-order chi connectivity index (χ1) is 7.40. The van der Waals surface area contributed by atoms with E-state index in [4.69, 9.17) is 14.6 Å². The van der Waals surface area contributed by atoms with E-state index in [1.807, 2.05) is 38.1 Å². The van der Waals surface area contributed by atoms with Crippen molar-refractivity contribution in [3.8, 4) is 11.5 Å². The van der Waals surface area contributed by atoms with Crippen molar-refractivity contribution in [1.29, 1.82) is 0 Å². The largest absolute Gasteiger partial charge is 0.489 e. The molecule has 1 aromatic rings. The van der Waals surface area contributed by atoms with Gasteiger partial charge in [0, 0.05) is 0 Å². The van der Waals surface area contributed by atoms with Gasteiger partial charge in [-0.15, -0.1) is 0 Å². The lowest BCUT2D eigenvalue weighted by Crippen LogP contribution is -2.20. The summed E-state index contributed by atoms with van der Waals surface area (Å²) in [5, 5.41) is 8.94. The number of hydrogen-bond donors (Lipinski definition) is 1. The molecule has 1 aliphatic rings. The molecule has 1 aliphatic heterocycles.